The predicted octanol–water partition coefficient (Wildman–Crippen LogP) is 4.89. The Morgan fingerprint density at radius 1 is 0.976 bits per heavy atom. The second-order valence-corrected chi connectivity index (χ2v) is 12.6. The summed E-state index contributed by atoms with van der Waals surface area (Å²) in [4.78, 5) is 27.1. The minimum Gasteiger partial charge on any atom is -0.368 e. The molecule has 1 aliphatic heterocycles. The maximum atomic E-state index is 13.2. The zero-order valence-corrected chi connectivity index (χ0v) is 26.0. The minimum atomic E-state index is -0.284. The van der Waals surface area contributed by atoms with Crippen LogP contribution in [0.4, 0.5) is 11.4 Å². The lowest BCUT2D eigenvalue weighted by Crippen LogP contribution is -2.48. The summed E-state index contributed by atoms with van der Waals surface area (Å²) in [5.41, 5.74) is 5.89. The molecule has 11 nitrogen and oxygen atoms in total. The van der Waals surface area contributed by atoms with Crippen LogP contribution in [-0.2, 0) is 5.54 Å². The Labute approximate surface area is 248 Å². The molecule has 222 valence electrons. The molecule has 0 bridgehead atoms. The molecule has 0 radical (unpaired) electrons. The number of carbonyl (C=O) groups excluding carboxylic acids is 1. The van der Waals surface area contributed by atoms with Gasteiger partial charge in [-0.15, -0.1) is 5.10 Å². The number of nitrogens with zero attached hydrogens (tertiary/aromatic N) is 9. The van der Waals surface area contributed by atoms with Crippen molar-refractivity contribution in [3.05, 3.63) is 60.1 Å². The average Bonchev–Trinajstić information content (AvgIpc) is 3.63. The largest absolute Gasteiger partial charge is 0.368 e. The number of hydrogen-bond acceptors (Lipinski definition) is 8. The molecular formula is C31H42N10O. The van der Waals surface area contributed by atoms with Gasteiger partial charge in [-0.2, -0.15) is 5.10 Å². The number of carbonyl (C=O) groups is 1. The number of nitrogens with one attached hydrogen (secondary N) is 1. The molecule has 1 aliphatic rings. The van der Waals surface area contributed by atoms with Gasteiger partial charge in [-0.25, -0.2) is 4.68 Å². The summed E-state index contributed by atoms with van der Waals surface area (Å²) < 4.78 is 3.62. The third kappa shape index (κ3) is 6.20. The van der Waals surface area contributed by atoms with Crippen LogP contribution >= 0.6 is 0 Å². The first-order valence-corrected chi connectivity index (χ1v) is 14.7. The standard InChI is InChI=1S/C31H42N10O/c1-20(2)28-15-26(36-41(28)31(6,7)8)30(42)34-24-14-29(22(5)33-17-24)40-19-27(35-37-40)23-13-25(18-32-16-23)39-11-9-38(10-12-39)21(3)4/h13-21H,9-12H2,1-8H3,(H,34,42). The highest BCUT2D eigenvalue weighted by atomic mass is 16.2. The van der Waals surface area contributed by atoms with Gasteiger partial charge in [0.1, 0.15) is 5.69 Å². The van der Waals surface area contributed by atoms with E-state index in [9.17, 15) is 4.79 Å². The summed E-state index contributed by atoms with van der Waals surface area (Å²) in [6, 6.07) is 6.40. The van der Waals surface area contributed by atoms with Crippen LogP contribution < -0.4 is 10.2 Å². The molecule has 0 saturated carbocycles. The van der Waals surface area contributed by atoms with Crippen molar-refractivity contribution in [2.24, 2.45) is 0 Å². The van der Waals surface area contributed by atoms with Crippen molar-refractivity contribution in [1.82, 2.24) is 39.6 Å². The van der Waals surface area contributed by atoms with Gasteiger partial charge in [-0.3, -0.25) is 24.3 Å². The maximum Gasteiger partial charge on any atom is 0.276 e. The van der Waals surface area contributed by atoms with Gasteiger partial charge < -0.3 is 10.2 Å². The Balaban J connectivity index is 1.34. The van der Waals surface area contributed by atoms with Crippen LogP contribution in [0.15, 0.2) is 43.0 Å². The Kier molecular flexibility index (Phi) is 8.14. The Morgan fingerprint density at radius 3 is 2.36 bits per heavy atom. The van der Waals surface area contributed by atoms with E-state index in [0.29, 0.717) is 23.1 Å². The first-order valence-electron chi connectivity index (χ1n) is 14.7. The molecule has 11 heteroatoms. The van der Waals surface area contributed by atoms with Crippen molar-refractivity contribution in [1.29, 1.82) is 0 Å². The van der Waals surface area contributed by atoms with Gasteiger partial charge in [0, 0.05) is 49.7 Å². The van der Waals surface area contributed by atoms with Crippen LogP contribution in [-0.4, -0.2) is 77.8 Å². The van der Waals surface area contributed by atoms with E-state index in [1.54, 1.807) is 10.9 Å². The molecule has 0 atom stereocenters. The molecule has 1 fully saturated rings. The van der Waals surface area contributed by atoms with Crippen molar-refractivity contribution >= 4 is 17.3 Å². The van der Waals surface area contributed by atoms with Crippen molar-refractivity contribution in [3.8, 4) is 16.9 Å². The zero-order valence-electron chi connectivity index (χ0n) is 26.0. The summed E-state index contributed by atoms with van der Waals surface area (Å²) in [6.45, 7) is 20.8. The number of aryl methyl sites for hydroxylation is 1. The third-order valence-electron chi connectivity index (χ3n) is 7.68. The third-order valence-corrected chi connectivity index (χ3v) is 7.68. The molecule has 0 aliphatic carbocycles. The molecule has 5 rings (SSSR count). The molecule has 5 heterocycles. The van der Waals surface area contributed by atoms with E-state index in [1.165, 1.54) is 0 Å². The molecule has 42 heavy (non-hydrogen) atoms. The lowest BCUT2D eigenvalue weighted by Gasteiger charge is -2.38. The van der Waals surface area contributed by atoms with Crippen LogP contribution in [0.1, 0.15) is 76.3 Å². The highest BCUT2D eigenvalue weighted by Crippen LogP contribution is 2.26. The number of piperazine rings is 1. The summed E-state index contributed by atoms with van der Waals surface area (Å²) in [7, 11) is 0. The van der Waals surface area contributed by atoms with Crippen molar-refractivity contribution < 1.29 is 4.79 Å². The number of rotatable bonds is 7. The highest BCUT2D eigenvalue weighted by molar-refractivity contribution is 6.03. The summed E-state index contributed by atoms with van der Waals surface area (Å²) in [5, 5.41) is 16.4. The SMILES string of the molecule is Cc1ncc(NC(=O)c2cc(C(C)C)n(C(C)(C)C)n2)cc1-n1cc(-c2cncc(N3CCN(C(C)C)CC3)c2)nn1. The zero-order chi connectivity index (χ0) is 30.2. The predicted molar refractivity (Wildman–Crippen MR) is 165 cm³/mol. The molecule has 0 unspecified atom stereocenters. The number of hydrogen-bond donors (Lipinski definition) is 1. The lowest BCUT2D eigenvalue weighted by atomic mass is 10.1. The van der Waals surface area contributed by atoms with Crippen molar-refractivity contribution in [3.63, 3.8) is 0 Å². The Hall–Kier alpha value is -4.12. The van der Waals surface area contributed by atoms with Crippen LogP contribution in [0.5, 0.6) is 0 Å². The van der Waals surface area contributed by atoms with Crippen LogP contribution in [0.3, 0.4) is 0 Å². The fourth-order valence-corrected chi connectivity index (χ4v) is 5.22. The summed E-state index contributed by atoms with van der Waals surface area (Å²) in [6.07, 6.45) is 7.23. The van der Waals surface area contributed by atoms with Crippen molar-refractivity contribution in [2.45, 2.75) is 72.9 Å². The molecule has 4 aromatic heterocycles. The monoisotopic (exact) mass is 570 g/mol. The molecule has 1 saturated heterocycles. The first kappa shape index (κ1) is 29.4. The van der Waals surface area contributed by atoms with Gasteiger partial charge in [0.05, 0.1) is 46.9 Å². The number of anilines is 2. The highest BCUT2D eigenvalue weighted by Gasteiger charge is 2.24. The van der Waals surface area contributed by atoms with E-state index in [-0.39, 0.29) is 17.4 Å². The van der Waals surface area contributed by atoms with Gasteiger partial charge in [-0.1, -0.05) is 19.1 Å². The summed E-state index contributed by atoms with van der Waals surface area (Å²) >= 11 is 0. The molecule has 0 spiro atoms. The average molecular weight is 571 g/mol. The number of amides is 1. The normalized spacial score (nSPS) is 14.7. The van der Waals surface area contributed by atoms with Gasteiger partial charge in [-0.05, 0) is 65.7 Å². The fraction of sp³-hybridized carbons (Fsp3) is 0.484. The van der Waals surface area contributed by atoms with Gasteiger partial charge in [0.15, 0.2) is 5.69 Å². The molecular weight excluding hydrogens is 528 g/mol. The topological polar surface area (TPSA) is 110 Å². The number of aromatic nitrogens is 7. The smallest absolute Gasteiger partial charge is 0.276 e. The number of pyridine rings is 2. The van der Waals surface area contributed by atoms with E-state index >= 15 is 0 Å². The lowest BCUT2D eigenvalue weighted by molar-refractivity contribution is 0.102. The van der Waals surface area contributed by atoms with E-state index in [2.05, 4.69) is 95.0 Å². The van der Waals surface area contributed by atoms with Crippen LogP contribution in [0.25, 0.3) is 16.9 Å². The van der Waals surface area contributed by atoms with Gasteiger partial charge in [0.25, 0.3) is 5.91 Å². The molecule has 1 amide bonds. The fourth-order valence-electron chi connectivity index (χ4n) is 5.22. The molecule has 0 aromatic carbocycles. The summed E-state index contributed by atoms with van der Waals surface area (Å²) in [5.74, 6) is -0.0497. The molecule has 4 aromatic rings. The van der Waals surface area contributed by atoms with Crippen LogP contribution in [0.2, 0.25) is 0 Å². The quantitative estimate of drug-likeness (QED) is 0.335. The van der Waals surface area contributed by atoms with E-state index in [1.807, 2.05) is 42.3 Å². The second kappa shape index (κ2) is 11.6. The minimum absolute atomic E-state index is 0.235. The maximum absolute atomic E-state index is 13.2. The van der Waals surface area contributed by atoms with Gasteiger partial charge >= 0.3 is 0 Å². The molecule has 1 N–H and O–H groups in total. The Bertz CT molecular complexity index is 1550. The van der Waals surface area contributed by atoms with Gasteiger partial charge in [0.2, 0.25) is 0 Å². The van der Waals surface area contributed by atoms with E-state index < -0.39 is 0 Å². The van der Waals surface area contributed by atoms with Crippen LogP contribution in [0, 0.1) is 6.92 Å². The van der Waals surface area contributed by atoms with E-state index in [0.717, 1.165) is 54.5 Å². The first-order chi connectivity index (χ1) is 19.9. The van der Waals surface area contributed by atoms with Crippen molar-refractivity contribution in [2.75, 3.05) is 36.4 Å². The second-order valence-electron chi connectivity index (χ2n) is 12.6. The Morgan fingerprint density at radius 2 is 1.71 bits per heavy atom. The van der Waals surface area contributed by atoms with E-state index in [4.69, 9.17) is 0 Å².